The topological polar surface area (TPSA) is 143 Å². The van der Waals surface area contributed by atoms with Crippen molar-refractivity contribution in [3.05, 3.63) is 34.2 Å². The fourth-order valence-electron chi connectivity index (χ4n) is 2.05. The summed E-state index contributed by atoms with van der Waals surface area (Å²) in [5.74, 6) is 0.239. The molecule has 0 fully saturated rings. The van der Waals surface area contributed by atoms with Gasteiger partial charge in [-0.2, -0.15) is 0 Å². The Balaban J connectivity index is 2.23. The lowest BCUT2D eigenvalue weighted by atomic mass is 10.2. The third kappa shape index (κ3) is 5.39. The van der Waals surface area contributed by atoms with Gasteiger partial charge in [0, 0.05) is 32.9 Å². The molecular formula is C15H18BrFN8O3. The van der Waals surface area contributed by atoms with Crippen molar-refractivity contribution in [1.29, 1.82) is 0 Å². The summed E-state index contributed by atoms with van der Waals surface area (Å²) in [6.07, 6.45) is 0. The summed E-state index contributed by atoms with van der Waals surface area (Å²) in [7, 11) is 3.19. The molecule has 4 N–H and O–H groups in total. The van der Waals surface area contributed by atoms with Crippen molar-refractivity contribution in [3.8, 4) is 0 Å². The van der Waals surface area contributed by atoms with Crippen molar-refractivity contribution in [2.75, 3.05) is 37.4 Å². The van der Waals surface area contributed by atoms with E-state index in [1.807, 2.05) is 0 Å². The Labute approximate surface area is 167 Å². The number of carbonyl (C=O) groups excluding carboxylic acids is 1. The van der Waals surface area contributed by atoms with Crippen LogP contribution in [-0.4, -0.2) is 55.8 Å². The number of nitrogens with one attached hydrogen (secondary N) is 2. The summed E-state index contributed by atoms with van der Waals surface area (Å²) in [6.45, 7) is 1.02. The number of guanidine groups is 1. The van der Waals surface area contributed by atoms with Gasteiger partial charge in [0.2, 0.25) is 11.7 Å². The molecule has 2 rings (SSSR count). The van der Waals surface area contributed by atoms with E-state index in [0.717, 1.165) is 0 Å². The van der Waals surface area contributed by atoms with E-state index in [1.54, 1.807) is 14.1 Å². The standard InChI is InChI=1S/C15H18BrFN8O3/c1-19-15(18)21-6-5-20-13-12(22-28-23-13)14(24-27-8-26)25(2)9-3-4-11(17)10(16)7-9/h3-4,7-8H,5-6H2,1-2H3,(H,20,23)(H3,18,19,21)/b24-14-. The molecule has 1 heterocycles. The number of amidine groups is 1. The van der Waals surface area contributed by atoms with Crippen LogP contribution in [0.25, 0.3) is 0 Å². The van der Waals surface area contributed by atoms with Gasteiger partial charge in [0.05, 0.1) is 4.47 Å². The van der Waals surface area contributed by atoms with E-state index in [0.29, 0.717) is 24.7 Å². The predicted molar refractivity (Wildman–Crippen MR) is 105 cm³/mol. The van der Waals surface area contributed by atoms with E-state index >= 15 is 0 Å². The normalized spacial score (nSPS) is 11.9. The summed E-state index contributed by atoms with van der Waals surface area (Å²) in [4.78, 5) is 20.5. The number of nitrogens with two attached hydrogens (primary N) is 1. The van der Waals surface area contributed by atoms with Crippen LogP contribution in [0, 0.1) is 5.82 Å². The van der Waals surface area contributed by atoms with Gasteiger partial charge in [-0.25, -0.2) is 9.02 Å². The van der Waals surface area contributed by atoms with Crippen LogP contribution in [0.3, 0.4) is 0 Å². The zero-order valence-electron chi connectivity index (χ0n) is 15.0. The molecule has 150 valence electrons. The third-order valence-corrected chi connectivity index (χ3v) is 4.06. The molecule has 1 aromatic carbocycles. The molecule has 13 heteroatoms. The van der Waals surface area contributed by atoms with E-state index in [9.17, 15) is 9.18 Å². The summed E-state index contributed by atoms with van der Waals surface area (Å²) < 4.78 is 18.6. The number of hydrogen-bond acceptors (Lipinski definition) is 8. The van der Waals surface area contributed by atoms with Crippen LogP contribution < -0.4 is 21.3 Å². The molecule has 0 spiro atoms. The first-order valence-electron chi connectivity index (χ1n) is 7.87. The Morgan fingerprint density at radius 1 is 1.46 bits per heavy atom. The van der Waals surface area contributed by atoms with Gasteiger partial charge in [0.1, 0.15) is 5.82 Å². The molecule has 0 aliphatic heterocycles. The Bertz CT molecular complexity index is 873. The molecule has 0 aliphatic rings. The van der Waals surface area contributed by atoms with Gasteiger partial charge in [0.25, 0.3) is 0 Å². The Morgan fingerprint density at radius 3 is 2.93 bits per heavy atom. The van der Waals surface area contributed by atoms with Crippen LogP contribution >= 0.6 is 15.9 Å². The van der Waals surface area contributed by atoms with Gasteiger partial charge in [0.15, 0.2) is 11.7 Å². The van der Waals surface area contributed by atoms with Gasteiger partial charge < -0.3 is 26.1 Å². The number of hydrogen-bond donors (Lipinski definition) is 3. The smallest absolute Gasteiger partial charge is 0.323 e. The van der Waals surface area contributed by atoms with Crippen LogP contribution in [0.2, 0.25) is 0 Å². The number of benzene rings is 1. The monoisotopic (exact) mass is 456 g/mol. The van der Waals surface area contributed by atoms with Crippen molar-refractivity contribution < 1.29 is 18.7 Å². The van der Waals surface area contributed by atoms with Crippen LogP contribution in [-0.2, 0) is 9.63 Å². The van der Waals surface area contributed by atoms with Crippen molar-refractivity contribution in [2.45, 2.75) is 0 Å². The molecule has 0 aliphatic carbocycles. The maximum absolute atomic E-state index is 13.5. The minimum atomic E-state index is -0.423. The first kappa shape index (κ1) is 21.1. The van der Waals surface area contributed by atoms with E-state index in [4.69, 9.17) is 10.4 Å². The number of oxime groups is 1. The van der Waals surface area contributed by atoms with E-state index < -0.39 is 5.82 Å². The number of aliphatic imine (C=N–C) groups is 1. The highest BCUT2D eigenvalue weighted by molar-refractivity contribution is 9.10. The van der Waals surface area contributed by atoms with Crippen molar-refractivity contribution >= 4 is 45.7 Å². The summed E-state index contributed by atoms with van der Waals surface area (Å²) >= 11 is 3.12. The molecule has 0 atom stereocenters. The molecule has 1 aromatic heterocycles. The number of halogens is 2. The Morgan fingerprint density at radius 2 is 2.25 bits per heavy atom. The number of rotatable bonds is 8. The van der Waals surface area contributed by atoms with Crippen LogP contribution in [0.4, 0.5) is 15.9 Å². The highest BCUT2D eigenvalue weighted by atomic mass is 79.9. The molecule has 0 saturated carbocycles. The van der Waals surface area contributed by atoms with Gasteiger partial charge in [-0.3, -0.25) is 9.79 Å². The first-order chi connectivity index (χ1) is 13.5. The predicted octanol–water partition coefficient (Wildman–Crippen LogP) is 0.888. The summed E-state index contributed by atoms with van der Waals surface area (Å²) in [6, 6.07) is 4.33. The maximum Gasteiger partial charge on any atom is 0.323 e. The SMILES string of the molecule is CN=C(N)NCCNc1nonc1/C(=N/OC=O)N(C)c1ccc(F)c(Br)c1. The zero-order valence-corrected chi connectivity index (χ0v) is 16.6. The minimum absolute atomic E-state index is 0.108. The Kier molecular flexibility index (Phi) is 7.68. The largest absolute Gasteiger partial charge is 0.370 e. The molecule has 0 bridgehead atoms. The maximum atomic E-state index is 13.5. The van der Waals surface area contributed by atoms with Gasteiger partial charge >= 0.3 is 6.47 Å². The highest BCUT2D eigenvalue weighted by Gasteiger charge is 2.22. The molecule has 28 heavy (non-hydrogen) atoms. The second-order valence-electron chi connectivity index (χ2n) is 5.20. The van der Waals surface area contributed by atoms with Crippen LogP contribution in [0.15, 0.2) is 37.4 Å². The first-order valence-corrected chi connectivity index (χ1v) is 8.66. The summed E-state index contributed by atoms with van der Waals surface area (Å²) in [5.41, 5.74) is 6.28. The van der Waals surface area contributed by atoms with E-state index in [-0.39, 0.29) is 28.3 Å². The second-order valence-corrected chi connectivity index (χ2v) is 6.05. The minimum Gasteiger partial charge on any atom is -0.370 e. The fraction of sp³-hybridized carbons (Fsp3) is 0.267. The second kappa shape index (κ2) is 10.2. The van der Waals surface area contributed by atoms with Gasteiger partial charge in [-0.05, 0) is 44.4 Å². The number of carbonyl (C=O) groups is 1. The molecule has 2 aromatic rings. The average Bonchev–Trinajstić information content (AvgIpc) is 3.15. The number of nitrogens with zero attached hydrogens (tertiary/aromatic N) is 5. The van der Waals surface area contributed by atoms with Gasteiger partial charge in [-0.1, -0.05) is 5.16 Å². The molecule has 0 amide bonds. The third-order valence-electron chi connectivity index (χ3n) is 3.46. The van der Waals surface area contributed by atoms with Gasteiger partial charge in [-0.15, -0.1) is 0 Å². The van der Waals surface area contributed by atoms with Crippen LogP contribution in [0.1, 0.15) is 5.69 Å². The van der Waals surface area contributed by atoms with Crippen molar-refractivity contribution in [1.82, 2.24) is 15.6 Å². The quantitative estimate of drug-likeness (QED) is 0.132. The highest BCUT2D eigenvalue weighted by Crippen LogP contribution is 2.24. The molecule has 0 saturated heterocycles. The van der Waals surface area contributed by atoms with E-state index in [2.05, 4.69) is 51.9 Å². The lowest BCUT2D eigenvalue weighted by Gasteiger charge is -2.19. The molecule has 0 radical (unpaired) electrons. The zero-order chi connectivity index (χ0) is 20.5. The lowest BCUT2D eigenvalue weighted by Crippen LogP contribution is -2.35. The van der Waals surface area contributed by atoms with Crippen molar-refractivity contribution in [3.63, 3.8) is 0 Å². The van der Waals surface area contributed by atoms with Crippen molar-refractivity contribution in [2.24, 2.45) is 15.9 Å². The Hall–Kier alpha value is -3.22. The lowest BCUT2D eigenvalue weighted by molar-refractivity contribution is -0.128. The molecular weight excluding hydrogens is 439 g/mol. The van der Waals surface area contributed by atoms with Crippen LogP contribution in [0.5, 0.6) is 0 Å². The molecule has 0 unspecified atom stereocenters. The number of anilines is 2. The van der Waals surface area contributed by atoms with E-state index in [1.165, 1.54) is 23.1 Å². The summed E-state index contributed by atoms with van der Waals surface area (Å²) in [5, 5.41) is 17.2. The average molecular weight is 457 g/mol. The molecule has 11 nitrogen and oxygen atoms in total. The number of aromatic nitrogens is 2. The fourth-order valence-corrected chi connectivity index (χ4v) is 2.42.